The molecule has 30 heavy (non-hydrogen) atoms. The minimum atomic E-state index is -0.405. The van der Waals surface area contributed by atoms with Crippen LogP contribution in [-0.2, 0) is 16.0 Å². The van der Waals surface area contributed by atoms with Crippen LogP contribution in [0.25, 0.3) is 0 Å². The number of hydrazine groups is 1. The number of methoxy groups -OCH3 is 1. The van der Waals surface area contributed by atoms with E-state index in [0.717, 1.165) is 11.3 Å². The van der Waals surface area contributed by atoms with Crippen LogP contribution in [0.15, 0.2) is 48.5 Å². The topological polar surface area (TPSA) is 101 Å². The number of hydrogen-bond acceptors (Lipinski definition) is 7. The highest BCUT2D eigenvalue weighted by Crippen LogP contribution is 2.24. The molecular weight excluding hydrogens is 404 g/mol. The van der Waals surface area contributed by atoms with Crippen LogP contribution in [-0.4, -0.2) is 42.8 Å². The van der Waals surface area contributed by atoms with Crippen molar-refractivity contribution in [1.82, 2.24) is 16.2 Å². The molecule has 1 aliphatic rings. The van der Waals surface area contributed by atoms with E-state index >= 15 is 0 Å². The molecule has 4 N–H and O–H groups in total. The lowest BCUT2D eigenvalue weighted by atomic mass is 10.1. The number of amides is 2. The summed E-state index contributed by atoms with van der Waals surface area (Å²) in [5.41, 5.74) is 7.31. The molecule has 2 atom stereocenters. The van der Waals surface area contributed by atoms with Gasteiger partial charge in [0.25, 0.3) is 0 Å². The third-order valence-corrected chi connectivity index (χ3v) is 5.42. The number of hydrogen-bond donors (Lipinski definition) is 4. The molecule has 0 aliphatic carbocycles. The Hall–Kier alpha value is -2.75. The average molecular weight is 431 g/mol. The van der Waals surface area contributed by atoms with Crippen LogP contribution in [0, 0.1) is 0 Å². The van der Waals surface area contributed by atoms with Crippen molar-refractivity contribution in [2.24, 2.45) is 0 Å². The van der Waals surface area contributed by atoms with E-state index in [4.69, 9.17) is 9.47 Å². The highest BCUT2D eigenvalue weighted by Gasteiger charge is 2.27. The summed E-state index contributed by atoms with van der Waals surface area (Å²) in [7, 11) is 1.62. The van der Waals surface area contributed by atoms with E-state index in [9.17, 15) is 9.59 Å². The summed E-state index contributed by atoms with van der Waals surface area (Å²) in [6.45, 7) is 2.41. The minimum absolute atomic E-state index is 0.121. The van der Waals surface area contributed by atoms with Crippen molar-refractivity contribution in [1.29, 1.82) is 0 Å². The standard InChI is InChI=1S/C21H26N4O4S/c1-3-29-18-7-5-4-6-16(18)22-19(26)13-30-21-23-20(27)17(24-25-21)12-14-8-10-15(28-2)11-9-14/h4-11,17,21,24-25H,3,12-13H2,1-2H3,(H,22,26)(H,23,27). The first kappa shape index (κ1) is 21.9. The first-order valence-electron chi connectivity index (χ1n) is 9.66. The second kappa shape index (κ2) is 10.9. The zero-order valence-corrected chi connectivity index (χ0v) is 17.8. The van der Waals surface area contributed by atoms with E-state index in [-0.39, 0.29) is 17.6 Å². The molecular formula is C21H26N4O4S. The van der Waals surface area contributed by atoms with Gasteiger partial charge in [0.1, 0.15) is 23.0 Å². The van der Waals surface area contributed by atoms with Gasteiger partial charge in [0, 0.05) is 0 Å². The molecule has 1 heterocycles. The number of ether oxygens (including phenoxy) is 2. The highest BCUT2D eigenvalue weighted by atomic mass is 32.2. The Bertz CT molecular complexity index is 862. The van der Waals surface area contributed by atoms with Crippen LogP contribution < -0.4 is 31.0 Å². The van der Waals surface area contributed by atoms with Crippen LogP contribution in [0.5, 0.6) is 11.5 Å². The zero-order chi connectivity index (χ0) is 21.3. The number of carbonyl (C=O) groups is 2. The Kier molecular flexibility index (Phi) is 7.95. The number of thioether (sulfide) groups is 1. The van der Waals surface area contributed by atoms with Crippen molar-refractivity contribution in [3.8, 4) is 11.5 Å². The molecule has 9 heteroatoms. The molecule has 1 aliphatic heterocycles. The third-order valence-electron chi connectivity index (χ3n) is 4.42. The number of carbonyl (C=O) groups excluding carboxylic acids is 2. The van der Waals surface area contributed by atoms with E-state index in [1.807, 2.05) is 49.4 Å². The Labute approximate surface area is 180 Å². The summed E-state index contributed by atoms with van der Waals surface area (Å²) in [6, 6.07) is 14.5. The largest absolute Gasteiger partial charge is 0.497 e. The van der Waals surface area contributed by atoms with Crippen LogP contribution in [0.3, 0.4) is 0 Å². The predicted molar refractivity (Wildman–Crippen MR) is 117 cm³/mol. The van der Waals surface area contributed by atoms with Crippen molar-refractivity contribution in [3.05, 3.63) is 54.1 Å². The lowest BCUT2D eigenvalue weighted by Gasteiger charge is -2.31. The smallest absolute Gasteiger partial charge is 0.240 e. The highest BCUT2D eigenvalue weighted by molar-refractivity contribution is 8.00. The minimum Gasteiger partial charge on any atom is -0.497 e. The lowest BCUT2D eigenvalue weighted by molar-refractivity contribution is -0.125. The van der Waals surface area contributed by atoms with Crippen molar-refractivity contribution in [2.75, 3.05) is 24.8 Å². The van der Waals surface area contributed by atoms with Gasteiger partial charge in [-0.25, -0.2) is 10.9 Å². The second-order valence-corrected chi connectivity index (χ2v) is 7.66. The molecule has 160 valence electrons. The number of rotatable bonds is 9. The van der Waals surface area contributed by atoms with E-state index in [0.29, 0.717) is 24.5 Å². The summed E-state index contributed by atoms with van der Waals surface area (Å²) in [4.78, 5) is 24.7. The Morgan fingerprint density at radius 2 is 1.90 bits per heavy atom. The first-order chi connectivity index (χ1) is 14.6. The van der Waals surface area contributed by atoms with Gasteiger partial charge in [-0.2, -0.15) is 0 Å². The number of nitrogens with one attached hydrogen (secondary N) is 4. The van der Waals surface area contributed by atoms with Gasteiger partial charge in [-0.3, -0.25) is 9.59 Å². The molecule has 0 aromatic heterocycles. The van der Waals surface area contributed by atoms with Gasteiger partial charge >= 0.3 is 0 Å². The molecule has 1 fully saturated rings. The maximum atomic E-state index is 12.4. The first-order valence-corrected chi connectivity index (χ1v) is 10.7. The fourth-order valence-electron chi connectivity index (χ4n) is 2.93. The van der Waals surface area contributed by atoms with Gasteiger partial charge < -0.3 is 20.1 Å². The zero-order valence-electron chi connectivity index (χ0n) is 16.9. The van der Waals surface area contributed by atoms with Crippen LogP contribution >= 0.6 is 11.8 Å². The van der Waals surface area contributed by atoms with Gasteiger partial charge in [-0.05, 0) is 43.2 Å². The molecule has 2 aromatic carbocycles. The number of anilines is 1. The number of benzene rings is 2. The summed E-state index contributed by atoms with van der Waals surface area (Å²) in [5.74, 6) is 1.28. The van der Waals surface area contributed by atoms with E-state index in [1.54, 1.807) is 13.2 Å². The second-order valence-electron chi connectivity index (χ2n) is 6.57. The monoisotopic (exact) mass is 430 g/mol. The van der Waals surface area contributed by atoms with Gasteiger partial charge in [0.15, 0.2) is 0 Å². The molecule has 0 saturated carbocycles. The van der Waals surface area contributed by atoms with Crippen molar-refractivity contribution in [3.63, 3.8) is 0 Å². The van der Waals surface area contributed by atoms with E-state index in [1.165, 1.54) is 11.8 Å². The molecule has 0 radical (unpaired) electrons. The normalized spacial score (nSPS) is 18.4. The van der Waals surface area contributed by atoms with Crippen LogP contribution in [0.1, 0.15) is 12.5 Å². The third kappa shape index (κ3) is 6.12. The van der Waals surface area contributed by atoms with Gasteiger partial charge in [0.05, 0.1) is 25.2 Å². The summed E-state index contributed by atoms with van der Waals surface area (Å²) < 4.78 is 10.7. The molecule has 1 saturated heterocycles. The van der Waals surface area contributed by atoms with Crippen molar-refractivity contribution < 1.29 is 19.1 Å². The summed E-state index contributed by atoms with van der Waals surface area (Å²) >= 11 is 1.29. The SMILES string of the molecule is CCOc1ccccc1NC(=O)CSC1NNC(Cc2ccc(OC)cc2)C(=O)N1. The quantitative estimate of drug-likeness (QED) is 0.482. The summed E-state index contributed by atoms with van der Waals surface area (Å²) in [5, 5.41) is 5.72. The fourth-order valence-corrected chi connectivity index (χ4v) is 3.67. The van der Waals surface area contributed by atoms with Crippen molar-refractivity contribution >= 4 is 29.3 Å². The van der Waals surface area contributed by atoms with Crippen LogP contribution in [0.2, 0.25) is 0 Å². The molecule has 0 spiro atoms. The summed E-state index contributed by atoms with van der Waals surface area (Å²) in [6.07, 6.45) is 0.537. The molecule has 2 aromatic rings. The Balaban J connectivity index is 1.44. The van der Waals surface area contributed by atoms with Gasteiger partial charge in [0.2, 0.25) is 11.8 Å². The number of para-hydroxylation sites is 2. The van der Waals surface area contributed by atoms with Crippen LogP contribution in [0.4, 0.5) is 5.69 Å². The maximum absolute atomic E-state index is 12.4. The fraction of sp³-hybridized carbons (Fsp3) is 0.333. The average Bonchev–Trinajstić information content (AvgIpc) is 2.76. The molecule has 2 amide bonds. The molecule has 2 unspecified atom stereocenters. The van der Waals surface area contributed by atoms with E-state index < -0.39 is 11.5 Å². The van der Waals surface area contributed by atoms with E-state index in [2.05, 4.69) is 21.5 Å². The Morgan fingerprint density at radius 3 is 2.60 bits per heavy atom. The lowest BCUT2D eigenvalue weighted by Crippen LogP contribution is -2.64. The maximum Gasteiger partial charge on any atom is 0.240 e. The van der Waals surface area contributed by atoms with Gasteiger partial charge in [-0.15, -0.1) is 11.8 Å². The Morgan fingerprint density at radius 1 is 1.13 bits per heavy atom. The van der Waals surface area contributed by atoms with Crippen molar-refractivity contribution in [2.45, 2.75) is 24.9 Å². The molecule has 0 bridgehead atoms. The predicted octanol–water partition coefficient (Wildman–Crippen LogP) is 1.88. The molecule has 3 rings (SSSR count). The van der Waals surface area contributed by atoms with Gasteiger partial charge in [-0.1, -0.05) is 24.3 Å². The molecule has 8 nitrogen and oxygen atoms in total.